The molecule has 5 heteroatoms. The summed E-state index contributed by atoms with van der Waals surface area (Å²) in [6.45, 7) is 0. The van der Waals surface area contributed by atoms with E-state index in [4.69, 9.17) is 5.73 Å². The average Bonchev–Trinajstić information content (AvgIpc) is 2.51. The molecule has 0 aliphatic rings. The fraction of sp³-hybridized carbons (Fsp3) is 0.0625. The molecule has 104 valence electrons. The monoisotopic (exact) mass is 278 g/mol. The van der Waals surface area contributed by atoms with E-state index in [2.05, 4.69) is 10.1 Å². The highest BCUT2D eigenvalue weighted by Gasteiger charge is 2.11. The minimum absolute atomic E-state index is 0.150. The van der Waals surface area contributed by atoms with Gasteiger partial charge in [0.2, 0.25) is 0 Å². The smallest absolute Gasteiger partial charge is 0.266 e. The molecule has 0 aliphatic carbocycles. The highest BCUT2D eigenvalue weighted by Crippen LogP contribution is 2.29. The van der Waals surface area contributed by atoms with Gasteiger partial charge in [0, 0.05) is 24.2 Å². The van der Waals surface area contributed by atoms with Crippen molar-refractivity contribution < 1.29 is 0 Å². The van der Waals surface area contributed by atoms with Crippen molar-refractivity contribution in [1.82, 2.24) is 14.8 Å². The molecule has 2 heterocycles. The Hall–Kier alpha value is -2.95. The third-order valence-electron chi connectivity index (χ3n) is 3.20. The Bertz CT molecular complexity index is 840. The third kappa shape index (κ3) is 2.53. The van der Waals surface area contributed by atoms with Crippen LogP contribution in [0.5, 0.6) is 0 Å². The van der Waals surface area contributed by atoms with Crippen LogP contribution in [0.3, 0.4) is 0 Å². The fourth-order valence-electron chi connectivity index (χ4n) is 2.14. The highest BCUT2D eigenvalue weighted by molar-refractivity contribution is 5.79. The van der Waals surface area contributed by atoms with Gasteiger partial charge in [-0.2, -0.15) is 5.10 Å². The van der Waals surface area contributed by atoms with Crippen LogP contribution in [0.2, 0.25) is 0 Å². The number of nitrogens with zero attached hydrogens (tertiary/aromatic N) is 3. The number of aromatic nitrogens is 3. The van der Waals surface area contributed by atoms with E-state index in [1.54, 1.807) is 19.2 Å². The Morgan fingerprint density at radius 1 is 1.00 bits per heavy atom. The molecule has 2 aromatic heterocycles. The molecule has 0 bridgehead atoms. The van der Waals surface area contributed by atoms with Gasteiger partial charge in [0.25, 0.3) is 5.56 Å². The molecule has 0 unspecified atom stereocenters. The quantitative estimate of drug-likeness (QED) is 0.779. The van der Waals surface area contributed by atoms with Gasteiger partial charge < -0.3 is 5.73 Å². The zero-order chi connectivity index (χ0) is 14.8. The first-order valence-electron chi connectivity index (χ1n) is 6.52. The molecule has 0 fully saturated rings. The van der Waals surface area contributed by atoms with E-state index in [9.17, 15) is 4.79 Å². The van der Waals surface area contributed by atoms with Crippen LogP contribution in [-0.4, -0.2) is 14.8 Å². The first-order valence-corrected chi connectivity index (χ1v) is 6.52. The molecule has 0 amide bonds. The molecular weight excluding hydrogens is 264 g/mol. The van der Waals surface area contributed by atoms with Crippen LogP contribution >= 0.6 is 0 Å². The van der Waals surface area contributed by atoms with Crippen molar-refractivity contribution in [3.8, 4) is 22.5 Å². The Labute approximate surface area is 121 Å². The average molecular weight is 278 g/mol. The summed E-state index contributed by atoms with van der Waals surface area (Å²) >= 11 is 0. The third-order valence-corrected chi connectivity index (χ3v) is 3.20. The van der Waals surface area contributed by atoms with E-state index < -0.39 is 0 Å². The summed E-state index contributed by atoms with van der Waals surface area (Å²) < 4.78 is 1.31. The summed E-state index contributed by atoms with van der Waals surface area (Å²) in [6, 6.07) is 16.6. The molecule has 5 nitrogen and oxygen atoms in total. The molecule has 3 aromatic rings. The maximum atomic E-state index is 11.5. The number of rotatable bonds is 2. The zero-order valence-corrected chi connectivity index (χ0v) is 11.5. The second kappa shape index (κ2) is 5.20. The number of hydrogen-bond acceptors (Lipinski definition) is 4. The molecule has 3 rings (SSSR count). The first kappa shape index (κ1) is 13.1. The van der Waals surface area contributed by atoms with E-state index in [0.29, 0.717) is 11.5 Å². The van der Waals surface area contributed by atoms with Crippen LogP contribution in [0.4, 0.5) is 5.82 Å². The van der Waals surface area contributed by atoms with Crippen LogP contribution in [0, 0.1) is 0 Å². The minimum atomic E-state index is -0.150. The van der Waals surface area contributed by atoms with Crippen molar-refractivity contribution in [2.75, 3.05) is 5.73 Å². The van der Waals surface area contributed by atoms with Crippen molar-refractivity contribution in [3.05, 3.63) is 65.0 Å². The van der Waals surface area contributed by atoms with Crippen LogP contribution in [0.1, 0.15) is 0 Å². The van der Waals surface area contributed by atoms with Gasteiger partial charge in [-0.15, -0.1) is 0 Å². The molecule has 0 aliphatic heterocycles. The van der Waals surface area contributed by atoms with Gasteiger partial charge in [-0.05, 0) is 18.2 Å². The van der Waals surface area contributed by atoms with E-state index in [-0.39, 0.29) is 5.56 Å². The van der Waals surface area contributed by atoms with Gasteiger partial charge in [0.1, 0.15) is 5.82 Å². The Morgan fingerprint density at radius 2 is 1.76 bits per heavy atom. The van der Waals surface area contributed by atoms with Crippen LogP contribution in [-0.2, 0) is 7.05 Å². The molecule has 0 saturated carbocycles. The predicted octanol–water partition coefficient (Wildman–Crippen LogP) is 2.09. The van der Waals surface area contributed by atoms with E-state index >= 15 is 0 Å². The largest absolute Gasteiger partial charge is 0.384 e. The van der Waals surface area contributed by atoms with Gasteiger partial charge in [0.15, 0.2) is 0 Å². The maximum Gasteiger partial charge on any atom is 0.266 e. The van der Waals surface area contributed by atoms with Crippen LogP contribution < -0.4 is 11.3 Å². The van der Waals surface area contributed by atoms with E-state index in [1.165, 1.54) is 10.7 Å². The predicted molar refractivity (Wildman–Crippen MR) is 82.6 cm³/mol. The summed E-state index contributed by atoms with van der Waals surface area (Å²) in [5.41, 5.74) is 8.89. The van der Waals surface area contributed by atoms with Crippen molar-refractivity contribution in [2.24, 2.45) is 7.05 Å². The summed E-state index contributed by atoms with van der Waals surface area (Å²) in [5, 5.41) is 4.28. The number of nitrogen functional groups attached to an aromatic ring is 1. The molecule has 0 spiro atoms. The van der Waals surface area contributed by atoms with Gasteiger partial charge in [-0.3, -0.25) is 4.79 Å². The first-order chi connectivity index (χ1) is 10.1. The van der Waals surface area contributed by atoms with E-state index in [1.807, 2.05) is 36.4 Å². The number of hydrogen-bond donors (Lipinski definition) is 1. The Balaban J connectivity index is 2.23. The minimum Gasteiger partial charge on any atom is -0.384 e. The van der Waals surface area contributed by atoms with Crippen molar-refractivity contribution >= 4 is 5.82 Å². The Morgan fingerprint density at radius 3 is 2.48 bits per heavy atom. The molecule has 2 N–H and O–H groups in total. The van der Waals surface area contributed by atoms with Gasteiger partial charge in [-0.1, -0.05) is 30.3 Å². The lowest BCUT2D eigenvalue weighted by molar-refractivity contribution is 0.712. The molecule has 1 aromatic carbocycles. The number of pyridine rings is 1. The molecule has 0 saturated heterocycles. The number of nitrogens with two attached hydrogens (primary N) is 1. The van der Waals surface area contributed by atoms with E-state index in [0.717, 1.165) is 16.8 Å². The second-order valence-corrected chi connectivity index (χ2v) is 4.68. The van der Waals surface area contributed by atoms with Crippen LogP contribution in [0.15, 0.2) is 59.4 Å². The lowest BCUT2D eigenvalue weighted by atomic mass is 10.0. The maximum absolute atomic E-state index is 11.5. The molecule has 0 atom stereocenters. The summed E-state index contributed by atoms with van der Waals surface area (Å²) in [5.74, 6) is 0.447. The molecule has 0 radical (unpaired) electrons. The van der Waals surface area contributed by atoms with Crippen molar-refractivity contribution in [3.63, 3.8) is 0 Å². The number of anilines is 1. The lowest BCUT2D eigenvalue weighted by Gasteiger charge is -2.10. The zero-order valence-electron chi connectivity index (χ0n) is 11.5. The summed E-state index contributed by atoms with van der Waals surface area (Å²) in [7, 11) is 1.62. The topological polar surface area (TPSA) is 73.8 Å². The van der Waals surface area contributed by atoms with Gasteiger partial charge in [0.05, 0.1) is 11.4 Å². The lowest BCUT2D eigenvalue weighted by Crippen LogP contribution is -2.18. The number of benzene rings is 1. The normalized spacial score (nSPS) is 10.5. The molecule has 21 heavy (non-hydrogen) atoms. The van der Waals surface area contributed by atoms with Gasteiger partial charge in [-0.25, -0.2) is 9.67 Å². The second-order valence-electron chi connectivity index (χ2n) is 4.68. The summed E-state index contributed by atoms with van der Waals surface area (Å²) in [4.78, 5) is 15.9. The van der Waals surface area contributed by atoms with Gasteiger partial charge >= 0.3 is 0 Å². The molecular formula is C16H14N4O. The van der Waals surface area contributed by atoms with Crippen molar-refractivity contribution in [1.29, 1.82) is 0 Å². The fourth-order valence-corrected chi connectivity index (χ4v) is 2.14. The standard InChI is InChI=1S/C16H14N4O/c1-20-15(21)10-8-13(19-20)12-7-9-14(17)18-16(12)11-5-3-2-4-6-11/h2-10H,1H3,(H2,17,18). The SMILES string of the molecule is Cn1nc(-c2ccc(N)nc2-c2ccccc2)ccc1=O. The van der Waals surface area contributed by atoms with Crippen molar-refractivity contribution in [2.45, 2.75) is 0 Å². The highest BCUT2D eigenvalue weighted by atomic mass is 16.1. The Kier molecular flexibility index (Phi) is 3.23. The summed E-state index contributed by atoms with van der Waals surface area (Å²) in [6.07, 6.45) is 0. The number of aryl methyl sites for hydroxylation is 1. The van der Waals surface area contributed by atoms with Crippen LogP contribution in [0.25, 0.3) is 22.5 Å².